The van der Waals surface area contributed by atoms with Crippen LogP contribution < -0.4 is 21.1 Å². The molecule has 7 heteroatoms. The van der Waals surface area contributed by atoms with Crippen molar-refractivity contribution in [3.63, 3.8) is 0 Å². The summed E-state index contributed by atoms with van der Waals surface area (Å²) in [4.78, 5) is 26.4. The molecule has 1 heterocycles. The lowest BCUT2D eigenvalue weighted by Crippen LogP contribution is -2.57. The molecule has 7 nitrogen and oxygen atoms in total. The molecule has 1 saturated heterocycles. The van der Waals surface area contributed by atoms with Gasteiger partial charge in [0.25, 0.3) is 5.91 Å². The van der Waals surface area contributed by atoms with Gasteiger partial charge in [0.05, 0.1) is 0 Å². The molecule has 1 aliphatic heterocycles. The van der Waals surface area contributed by atoms with Crippen molar-refractivity contribution in [3.8, 4) is 5.75 Å². The Morgan fingerprint density at radius 2 is 1.74 bits per heavy atom. The smallest absolute Gasteiger partial charge is 0.262 e. The summed E-state index contributed by atoms with van der Waals surface area (Å²) in [6, 6.07) is 15.1. The Morgan fingerprint density at radius 3 is 2.46 bits per heavy atom. The number of primary amides is 1. The average Bonchev–Trinajstić information content (AvgIpc) is 3.43. The molecule has 4 bridgehead atoms. The first-order chi connectivity index (χ1) is 18.9. The van der Waals surface area contributed by atoms with E-state index in [2.05, 4.69) is 27.7 Å². The number of benzene rings is 2. The number of ether oxygens (including phenoxy) is 1. The van der Waals surface area contributed by atoms with Gasteiger partial charge in [0.1, 0.15) is 5.75 Å². The van der Waals surface area contributed by atoms with Gasteiger partial charge in [-0.15, -0.1) is 0 Å². The molecule has 208 valence electrons. The molecule has 4 saturated carbocycles. The molecule has 2 atom stereocenters. The maximum absolute atomic E-state index is 12.4. The van der Waals surface area contributed by atoms with Gasteiger partial charge in [-0.2, -0.15) is 0 Å². The molecule has 2 aromatic carbocycles. The lowest BCUT2D eigenvalue weighted by Gasteiger charge is -2.62. The Labute approximate surface area is 231 Å². The molecule has 5 aliphatic rings. The van der Waals surface area contributed by atoms with Crippen LogP contribution in [0.25, 0.3) is 0 Å². The van der Waals surface area contributed by atoms with Gasteiger partial charge in [0.2, 0.25) is 5.91 Å². The Balaban J connectivity index is 1.05. The SMILES string of the molecule is NC(=O)c1cccc(NC(=O)COc2ccc(C34CC5CC(CC(CNCCN6CCCC6)(C5)C3)C4)cc2)c1. The summed E-state index contributed by atoms with van der Waals surface area (Å²) in [6.07, 6.45) is 10.8. The zero-order valence-corrected chi connectivity index (χ0v) is 22.9. The van der Waals surface area contributed by atoms with E-state index >= 15 is 0 Å². The molecule has 0 radical (unpaired) electrons. The van der Waals surface area contributed by atoms with E-state index in [0.717, 1.165) is 24.9 Å². The lowest BCUT2D eigenvalue weighted by atomic mass is 9.43. The molecule has 2 aromatic rings. The average molecular weight is 531 g/mol. The monoisotopic (exact) mass is 530 g/mol. The van der Waals surface area contributed by atoms with Gasteiger partial charge in [-0.25, -0.2) is 0 Å². The second kappa shape index (κ2) is 10.9. The predicted molar refractivity (Wildman–Crippen MR) is 153 cm³/mol. The maximum Gasteiger partial charge on any atom is 0.262 e. The largest absolute Gasteiger partial charge is 0.484 e. The topological polar surface area (TPSA) is 96.7 Å². The quantitative estimate of drug-likeness (QED) is 0.376. The highest BCUT2D eigenvalue weighted by Crippen LogP contribution is 2.65. The Bertz CT molecular complexity index is 1180. The van der Waals surface area contributed by atoms with Crippen LogP contribution in [0.5, 0.6) is 5.75 Å². The minimum atomic E-state index is -0.527. The number of rotatable bonds is 11. The first kappa shape index (κ1) is 26.3. The fourth-order valence-electron chi connectivity index (χ4n) is 8.59. The number of nitrogens with zero attached hydrogens (tertiary/aromatic N) is 1. The first-order valence-electron chi connectivity index (χ1n) is 14.8. The van der Waals surface area contributed by atoms with E-state index in [1.54, 1.807) is 24.3 Å². The summed E-state index contributed by atoms with van der Waals surface area (Å²) >= 11 is 0. The predicted octanol–water partition coefficient (Wildman–Crippen LogP) is 4.33. The molecule has 2 unspecified atom stereocenters. The third-order valence-electron chi connectivity index (χ3n) is 9.75. The number of carbonyl (C=O) groups excluding carboxylic acids is 2. The summed E-state index contributed by atoms with van der Waals surface area (Å²) in [7, 11) is 0. The summed E-state index contributed by atoms with van der Waals surface area (Å²) < 4.78 is 5.80. The second-order valence-corrected chi connectivity index (χ2v) is 12.8. The molecule has 2 amide bonds. The van der Waals surface area contributed by atoms with Crippen LogP contribution >= 0.6 is 0 Å². The number of carbonyl (C=O) groups is 2. The van der Waals surface area contributed by atoms with Crippen LogP contribution in [0.15, 0.2) is 48.5 Å². The van der Waals surface area contributed by atoms with E-state index in [9.17, 15) is 9.59 Å². The van der Waals surface area contributed by atoms with Crippen LogP contribution in [0.2, 0.25) is 0 Å². The van der Waals surface area contributed by atoms with Crippen molar-refractivity contribution in [1.29, 1.82) is 0 Å². The fraction of sp³-hybridized carbons (Fsp3) is 0.562. The van der Waals surface area contributed by atoms with Crippen LogP contribution in [-0.4, -0.2) is 56.0 Å². The van der Waals surface area contributed by atoms with Crippen LogP contribution in [0.1, 0.15) is 67.3 Å². The van der Waals surface area contributed by atoms with E-state index in [-0.39, 0.29) is 17.9 Å². The van der Waals surface area contributed by atoms with Crippen LogP contribution in [-0.2, 0) is 10.2 Å². The summed E-state index contributed by atoms with van der Waals surface area (Å²) in [5.74, 6) is 1.59. The van der Waals surface area contributed by atoms with Gasteiger partial charge in [0, 0.05) is 30.9 Å². The molecule has 4 aliphatic carbocycles. The normalized spacial score (nSPS) is 29.4. The van der Waals surface area contributed by atoms with Gasteiger partial charge >= 0.3 is 0 Å². The number of nitrogens with one attached hydrogen (secondary N) is 2. The van der Waals surface area contributed by atoms with Gasteiger partial charge < -0.3 is 26.0 Å². The maximum atomic E-state index is 12.4. The highest BCUT2D eigenvalue weighted by Gasteiger charge is 2.57. The van der Waals surface area contributed by atoms with E-state index in [1.165, 1.54) is 76.6 Å². The van der Waals surface area contributed by atoms with Crippen molar-refractivity contribution in [1.82, 2.24) is 10.2 Å². The molecular formula is C32H42N4O3. The molecule has 0 spiro atoms. The Kier molecular flexibility index (Phi) is 7.38. The van der Waals surface area contributed by atoms with E-state index < -0.39 is 5.91 Å². The number of hydrogen-bond donors (Lipinski definition) is 3. The third-order valence-corrected chi connectivity index (χ3v) is 9.75. The first-order valence-corrected chi connectivity index (χ1v) is 14.8. The second-order valence-electron chi connectivity index (χ2n) is 12.8. The van der Waals surface area contributed by atoms with Gasteiger partial charge in [0.15, 0.2) is 6.61 Å². The molecule has 5 fully saturated rings. The van der Waals surface area contributed by atoms with Crippen molar-refractivity contribution in [2.75, 3.05) is 44.6 Å². The van der Waals surface area contributed by atoms with Crippen LogP contribution in [0.3, 0.4) is 0 Å². The summed E-state index contributed by atoms with van der Waals surface area (Å²) in [6.45, 7) is 5.91. The molecule has 4 N–H and O–H groups in total. The fourth-order valence-corrected chi connectivity index (χ4v) is 8.59. The lowest BCUT2D eigenvalue weighted by molar-refractivity contribution is -0.118. The van der Waals surface area contributed by atoms with Gasteiger partial charge in [-0.3, -0.25) is 9.59 Å². The minimum absolute atomic E-state index is 0.0956. The molecular weight excluding hydrogens is 488 g/mol. The van der Waals surface area contributed by atoms with Crippen molar-refractivity contribution >= 4 is 17.5 Å². The van der Waals surface area contributed by atoms with E-state index in [0.29, 0.717) is 22.4 Å². The van der Waals surface area contributed by atoms with Crippen LogP contribution in [0, 0.1) is 17.3 Å². The highest BCUT2D eigenvalue weighted by molar-refractivity contribution is 5.96. The van der Waals surface area contributed by atoms with E-state index in [1.807, 2.05) is 12.1 Å². The van der Waals surface area contributed by atoms with Crippen molar-refractivity contribution in [3.05, 3.63) is 59.7 Å². The standard InChI is InChI=1S/C32H42N4O3/c33-30(38)25-4-3-5-27(15-25)35-29(37)20-39-28-8-6-26(7-9-28)32-18-23-14-24(19-32)17-31(16-23,21-32)22-34-10-13-36-11-1-2-12-36/h3-9,15,23-24,34H,1-2,10-14,16-22H2,(H2,33,38)(H,35,37). The number of likely N-dealkylation sites (tertiary alicyclic amines) is 1. The number of nitrogens with two attached hydrogens (primary N) is 1. The van der Waals surface area contributed by atoms with Crippen molar-refractivity contribution in [2.45, 2.75) is 56.8 Å². The van der Waals surface area contributed by atoms with Crippen molar-refractivity contribution in [2.24, 2.45) is 23.0 Å². The molecule has 0 aromatic heterocycles. The zero-order chi connectivity index (χ0) is 26.9. The summed E-state index contributed by atoms with van der Waals surface area (Å²) in [5, 5.41) is 6.65. The Morgan fingerprint density at radius 1 is 1.00 bits per heavy atom. The number of hydrogen-bond acceptors (Lipinski definition) is 5. The van der Waals surface area contributed by atoms with Crippen molar-refractivity contribution < 1.29 is 14.3 Å². The third kappa shape index (κ3) is 5.85. The zero-order valence-electron chi connectivity index (χ0n) is 22.9. The Hall–Kier alpha value is -2.90. The minimum Gasteiger partial charge on any atom is -0.484 e. The number of amides is 2. The highest BCUT2D eigenvalue weighted by atomic mass is 16.5. The van der Waals surface area contributed by atoms with Crippen LogP contribution in [0.4, 0.5) is 5.69 Å². The van der Waals surface area contributed by atoms with Gasteiger partial charge in [-0.1, -0.05) is 18.2 Å². The molecule has 39 heavy (non-hydrogen) atoms. The summed E-state index contributed by atoms with van der Waals surface area (Å²) in [5.41, 5.74) is 8.37. The molecule has 7 rings (SSSR count). The van der Waals surface area contributed by atoms with Gasteiger partial charge in [-0.05, 0) is 123 Å². The van der Waals surface area contributed by atoms with E-state index in [4.69, 9.17) is 10.5 Å². The number of anilines is 1.